The molecule has 8 nitrogen and oxygen atoms in total. The molecule has 0 heterocycles. The number of rotatable bonds is 5. The molecule has 0 aromatic rings. The Morgan fingerprint density at radius 2 is 0.955 bits per heavy atom. The Morgan fingerprint density at radius 1 is 0.727 bits per heavy atom. The number of hydrogen-bond donors (Lipinski definition) is 2. The fourth-order valence-electron chi connectivity index (χ4n) is 0.701. The molecule has 0 fully saturated rings. The van der Waals surface area contributed by atoms with Crippen molar-refractivity contribution in [1.82, 2.24) is 0 Å². The zero-order chi connectivity index (χ0) is 14.3. The van der Waals surface area contributed by atoms with E-state index in [1.165, 1.54) is 0 Å². The van der Waals surface area contributed by atoms with Crippen LogP contribution in [0.15, 0.2) is 0 Å². The predicted octanol–water partition coefficient (Wildman–Crippen LogP) is -1.34. The van der Waals surface area contributed by atoms with E-state index >= 15 is 0 Å². The van der Waals surface area contributed by atoms with Crippen LogP contribution in [0.5, 0.6) is 0 Å². The van der Waals surface area contributed by atoms with Gasteiger partial charge in [-0.15, -0.1) is 0 Å². The van der Waals surface area contributed by atoms with E-state index in [9.17, 15) is 19.2 Å². The summed E-state index contributed by atoms with van der Waals surface area (Å²) >= 11 is 0. The average molecular weight is 524 g/mol. The Hall–Kier alpha value is 0.694. The summed E-state index contributed by atoms with van der Waals surface area (Å²) in [6.07, 6.45) is -3.86. The molecule has 2 unspecified atom stereocenters. The Kier molecular flexibility index (Phi) is 28.0. The van der Waals surface area contributed by atoms with Crippen molar-refractivity contribution >= 4 is 23.9 Å². The van der Waals surface area contributed by atoms with Gasteiger partial charge >= 0.3 is 23.9 Å². The molecule has 2 atom stereocenters. The van der Waals surface area contributed by atoms with Gasteiger partial charge in [-0.2, -0.15) is 0 Å². The molecule has 0 saturated heterocycles. The largest absolute Gasteiger partial charge is 0.391 e. The minimum absolute atomic E-state index is 0. The van der Waals surface area contributed by atoms with Gasteiger partial charge in [0.05, 0.1) is 12.8 Å². The van der Waals surface area contributed by atoms with Crippen LogP contribution in [0.4, 0.5) is 0 Å². The van der Waals surface area contributed by atoms with Gasteiger partial charge in [-0.05, 0) is 13.8 Å². The molecule has 0 bridgehead atoms. The molecular weight excluding hydrogens is 510 g/mol. The SMILES string of the molecule is CC(O)C(=O)OC(=O)CCC(=O)OC(=O)C(C)O.[Zn].[Zn].[Zn].[Zn]. The second-order valence-corrected chi connectivity index (χ2v) is 3.44. The van der Waals surface area contributed by atoms with E-state index < -0.39 is 48.9 Å². The minimum Gasteiger partial charge on any atom is -0.391 e. The van der Waals surface area contributed by atoms with Gasteiger partial charge in [0, 0.05) is 77.9 Å². The number of carbonyl (C=O) groups excluding carboxylic acids is 4. The molecule has 0 aliphatic carbocycles. The van der Waals surface area contributed by atoms with E-state index in [0.717, 1.165) is 13.8 Å². The van der Waals surface area contributed by atoms with Crippen LogP contribution >= 0.6 is 0 Å². The molecule has 2 N–H and O–H groups in total. The van der Waals surface area contributed by atoms with E-state index in [1.807, 2.05) is 0 Å². The van der Waals surface area contributed by atoms with Crippen LogP contribution in [0.3, 0.4) is 0 Å². The molecule has 0 radical (unpaired) electrons. The fraction of sp³-hybridized carbons (Fsp3) is 0.600. The fourth-order valence-corrected chi connectivity index (χ4v) is 0.701. The number of aliphatic hydroxyl groups excluding tert-OH is 2. The van der Waals surface area contributed by atoms with Crippen LogP contribution < -0.4 is 0 Å². The quantitative estimate of drug-likeness (QED) is 0.258. The Morgan fingerprint density at radius 3 is 1.14 bits per heavy atom. The van der Waals surface area contributed by atoms with Gasteiger partial charge in [0.25, 0.3) is 0 Å². The molecule has 110 valence electrons. The van der Waals surface area contributed by atoms with Gasteiger partial charge in [-0.1, -0.05) is 0 Å². The van der Waals surface area contributed by atoms with Crippen molar-refractivity contribution in [2.45, 2.75) is 38.9 Å². The third-order valence-corrected chi connectivity index (χ3v) is 1.64. The van der Waals surface area contributed by atoms with Gasteiger partial charge in [0.1, 0.15) is 12.2 Å². The zero-order valence-corrected chi connectivity index (χ0v) is 24.6. The van der Waals surface area contributed by atoms with Crippen molar-refractivity contribution in [2.24, 2.45) is 0 Å². The summed E-state index contributed by atoms with van der Waals surface area (Å²) < 4.78 is 8.29. The molecule has 22 heavy (non-hydrogen) atoms. The van der Waals surface area contributed by atoms with E-state index in [0.29, 0.717) is 0 Å². The molecule has 0 amide bonds. The molecule has 0 saturated carbocycles. The minimum atomic E-state index is -1.45. The first-order valence-corrected chi connectivity index (χ1v) is 5.09. The van der Waals surface area contributed by atoms with Crippen LogP contribution in [0.2, 0.25) is 0 Å². The monoisotopic (exact) mass is 518 g/mol. The molecule has 0 aliphatic rings. The summed E-state index contributed by atoms with van der Waals surface area (Å²) in [5.41, 5.74) is 0. The number of ether oxygens (including phenoxy) is 2. The van der Waals surface area contributed by atoms with Crippen LogP contribution in [0, 0.1) is 0 Å². The molecule has 0 rings (SSSR count). The third kappa shape index (κ3) is 17.1. The maximum absolute atomic E-state index is 11.0. The standard InChI is InChI=1S/C10H14O8.4Zn/c1-5(11)9(15)17-7(13)3-4-8(14)18-10(16)6(2)12;;;;/h5-6,11-12H,3-4H2,1-2H3;;;;. The number of carbonyl (C=O) groups is 4. The van der Waals surface area contributed by atoms with E-state index in [1.54, 1.807) is 0 Å². The van der Waals surface area contributed by atoms with Gasteiger partial charge in [0.2, 0.25) is 0 Å². The normalized spacial score (nSPS) is 10.9. The second-order valence-electron chi connectivity index (χ2n) is 3.44. The van der Waals surface area contributed by atoms with Gasteiger partial charge < -0.3 is 19.7 Å². The molecule has 0 spiro atoms. The molecular formula is C10H14O8Zn4. The van der Waals surface area contributed by atoms with Crippen molar-refractivity contribution in [3.63, 3.8) is 0 Å². The predicted molar refractivity (Wildman–Crippen MR) is 54.8 cm³/mol. The summed E-state index contributed by atoms with van der Waals surface area (Å²) in [7, 11) is 0. The Bertz CT molecular complexity index is 325. The topological polar surface area (TPSA) is 127 Å². The van der Waals surface area contributed by atoms with Crippen LogP contribution in [-0.2, 0) is 107 Å². The van der Waals surface area contributed by atoms with Gasteiger partial charge in [0.15, 0.2) is 0 Å². The molecule has 0 aliphatic heterocycles. The summed E-state index contributed by atoms with van der Waals surface area (Å²) in [6.45, 7) is 2.23. The molecule has 0 aromatic heterocycles. The summed E-state index contributed by atoms with van der Waals surface area (Å²) in [5, 5.41) is 17.5. The molecule has 0 aromatic carbocycles. The third-order valence-electron chi connectivity index (χ3n) is 1.64. The van der Waals surface area contributed by atoms with Crippen molar-refractivity contribution < 1.29 is 117 Å². The van der Waals surface area contributed by atoms with Crippen LogP contribution in [0.1, 0.15) is 26.7 Å². The van der Waals surface area contributed by atoms with Crippen molar-refractivity contribution in [3.05, 3.63) is 0 Å². The van der Waals surface area contributed by atoms with Gasteiger partial charge in [-0.3, -0.25) is 9.59 Å². The first-order valence-electron chi connectivity index (χ1n) is 5.09. The van der Waals surface area contributed by atoms with Crippen LogP contribution in [0.25, 0.3) is 0 Å². The summed E-state index contributed by atoms with van der Waals surface area (Å²) in [5.74, 6) is -4.31. The van der Waals surface area contributed by atoms with Crippen LogP contribution in [-0.4, -0.2) is 46.3 Å². The maximum atomic E-state index is 11.0. The van der Waals surface area contributed by atoms with Crippen molar-refractivity contribution in [2.75, 3.05) is 0 Å². The smallest absolute Gasteiger partial charge is 0.342 e. The number of hydrogen-bond acceptors (Lipinski definition) is 8. The number of esters is 4. The Labute approximate surface area is 178 Å². The second kappa shape index (κ2) is 18.0. The van der Waals surface area contributed by atoms with E-state index in [4.69, 9.17) is 10.2 Å². The van der Waals surface area contributed by atoms with Gasteiger partial charge in [-0.25, -0.2) is 9.59 Å². The van der Waals surface area contributed by atoms with E-state index in [2.05, 4.69) is 9.47 Å². The first kappa shape index (κ1) is 34.1. The van der Waals surface area contributed by atoms with Crippen molar-refractivity contribution in [3.8, 4) is 0 Å². The summed E-state index contributed by atoms with van der Waals surface area (Å²) in [4.78, 5) is 43.5. The first-order chi connectivity index (χ1) is 8.23. The zero-order valence-electron chi connectivity index (χ0n) is 12.7. The maximum Gasteiger partial charge on any atom is 0.342 e. The summed E-state index contributed by atoms with van der Waals surface area (Å²) in [6, 6.07) is 0. The van der Waals surface area contributed by atoms with Crippen molar-refractivity contribution in [1.29, 1.82) is 0 Å². The number of aliphatic hydroxyl groups is 2. The molecule has 12 heteroatoms. The van der Waals surface area contributed by atoms with E-state index in [-0.39, 0.29) is 77.9 Å². The Balaban J connectivity index is -0.000000241. The average Bonchev–Trinajstić information content (AvgIpc) is 2.25.